The second kappa shape index (κ2) is 9.61. The van der Waals surface area contributed by atoms with Gasteiger partial charge >= 0.3 is 6.09 Å². The van der Waals surface area contributed by atoms with Crippen molar-refractivity contribution in [1.82, 2.24) is 29.5 Å². The van der Waals surface area contributed by atoms with Crippen LogP contribution in [-0.4, -0.2) is 73.5 Å². The van der Waals surface area contributed by atoms with Crippen molar-refractivity contribution in [3.05, 3.63) is 41.3 Å². The second-order valence-electron chi connectivity index (χ2n) is 12.4. The third kappa shape index (κ3) is 4.89. The third-order valence-electron chi connectivity index (χ3n) is 8.39. The van der Waals surface area contributed by atoms with Crippen LogP contribution in [0.25, 0.3) is 22.3 Å². The zero-order valence-electron chi connectivity index (χ0n) is 22.7. The van der Waals surface area contributed by atoms with Crippen LogP contribution in [0.5, 0.6) is 0 Å². The molecule has 2 saturated carbocycles. The summed E-state index contributed by atoms with van der Waals surface area (Å²) in [6.07, 6.45) is 5.96. The van der Waals surface area contributed by atoms with Gasteiger partial charge < -0.3 is 15.7 Å². The molecule has 1 saturated heterocycles. The molecule has 2 aliphatic carbocycles. The lowest BCUT2D eigenvalue weighted by atomic mass is 9.80. The molecule has 0 unspecified atom stereocenters. The molecule has 1 aliphatic heterocycles. The molecule has 0 bridgehead atoms. The summed E-state index contributed by atoms with van der Waals surface area (Å²) in [4.78, 5) is 25.5. The van der Waals surface area contributed by atoms with E-state index in [0.717, 1.165) is 67.0 Å². The zero-order valence-corrected chi connectivity index (χ0v) is 22.7. The minimum atomic E-state index is -0.835. The minimum absolute atomic E-state index is 0.164. The van der Waals surface area contributed by atoms with Gasteiger partial charge in [-0.1, -0.05) is 26.8 Å². The van der Waals surface area contributed by atoms with Crippen LogP contribution in [0, 0.1) is 5.92 Å². The largest absolute Gasteiger partial charge is 0.465 e. The summed E-state index contributed by atoms with van der Waals surface area (Å²) in [6, 6.07) is 6.79. The summed E-state index contributed by atoms with van der Waals surface area (Å²) < 4.78 is 2.18. The Kier molecular flexibility index (Phi) is 6.39. The molecule has 9 heteroatoms. The fourth-order valence-electron chi connectivity index (χ4n) is 5.81. The van der Waals surface area contributed by atoms with E-state index >= 15 is 0 Å². The Morgan fingerprint density at radius 3 is 2.45 bits per heavy atom. The molecule has 6 rings (SSSR count). The van der Waals surface area contributed by atoms with Crippen molar-refractivity contribution in [3.8, 4) is 11.3 Å². The van der Waals surface area contributed by atoms with Crippen LogP contribution in [0.2, 0.25) is 0 Å². The van der Waals surface area contributed by atoms with Gasteiger partial charge in [0.2, 0.25) is 0 Å². The molecule has 38 heavy (non-hydrogen) atoms. The van der Waals surface area contributed by atoms with Gasteiger partial charge in [0.25, 0.3) is 0 Å². The molecule has 3 aliphatic rings. The van der Waals surface area contributed by atoms with Crippen molar-refractivity contribution in [2.75, 3.05) is 32.7 Å². The highest BCUT2D eigenvalue weighted by molar-refractivity contribution is 5.80. The first-order chi connectivity index (χ1) is 18.2. The van der Waals surface area contributed by atoms with Crippen LogP contribution < -0.4 is 5.73 Å². The van der Waals surface area contributed by atoms with Crippen LogP contribution in [0.1, 0.15) is 75.4 Å². The van der Waals surface area contributed by atoms with Crippen LogP contribution >= 0.6 is 0 Å². The van der Waals surface area contributed by atoms with E-state index in [2.05, 4.69) is 54.7 Å². The van der Waals surface area contributed by atoms with E-state index in [4.69, 9.17) is 20.8 Å². The average molecular weight is 518 g/mol. The Labute approximate surface area is 224 Å². The summed E-state index contributed by atoms with van der Waals surface area (Å²) in [6.45, 7) is 10.7. The lowest BCUT2D eigenvalue weighted by molar-refractivity contribution is 0.103. The molecule has 1 amide bonds. The normalized spacial score (nSPS) is 22.6. The van der Waals surface area contributed by atoms with Crippen molar-refractivity contribution < 1.29 is 9.90 Å². The molecule has 0 radical (unpaired) electrons. The van der Waals surface area contributed by atoms with E-state index in [-0.39, 0.29) is 5.41 Å². The first-order valence-electron chi connectivity index (χ1n) is 14.0. The second-order valence-corrected chi connectivity index (χ2v) is 12.4. The van der Waals surface area contributed by atoms with Crippen molar-refractivity contribution in [3.63, 3.8) is 0 Å². The predicted molar refractivity (Wildman–Crippen MR) is 147 cm³/mol. The predicted octanol–water partition coefficient (Wildman–Crippen LogP) is 4.37. The third-order valence-corrected chi connectivity index (χ3v) is 8.39. The van der Waals surface area contributed by atoms with E-state index in [1.807, 2.05) is 0 Å². The van der Waals surface area contributed by atoms with Crippen LogP contribution in [0.15, 0.2) is 24.4 Å². The van der Waals surface area contributed by atoms with Crippen molar-refractivity contribution in [2.24, 2.45) is 11.7 Å². The summed E-state index contributed by atoms with van der Waals surface area (Å²) in [5.41, 5.74) is 13.0. The Morgan fingerprint density at radius 1 is 1.08 bits per heavy atom. The molecule has 0 atom stereocenters. The topological polar surface area (TPSA) is 113 Å². The number of carboxylic acid groups (broad SMARTS) is 1. The molecular weight excluding hydrogens is 478 g/mol. The maximum atomic E-state index is 11.3. The number of fused-ring (bicyclic) bond motifs is 1. The van der Waals surface area contributed by atoms with Crippen molar-refractivity contribution in [2.45, 2.75) is 70.4 Å². The lowest BCUT2D eigenvalue weighted by Gasteiger charge is -2.34. The smallest absolute Gasteiger partial charge is 0.407 e. The minimum Gasteiger partial charge on any atom is -0.465 e. The van der Waals surface area contributed by atoms with Gasteiger partial charge in [0, 0.05) is 55.8 Å². The van der Waals surface area contributed by atoms with Gasteiger partial charge in [-0.05, 0) is 55.8 Å². The Hall–Kier alpha value is -3.04. The van der Waals surface area contributed by atoms with Gasteiger partial charge in [-0.2, -0.15) is 5.10 Å². The SMILES string of the molecule is CC(C)(C)c1nc2ccc(CN3CCN(C(=O)O)CC3)cc2nc1-c1cn(C2CC(CN)C2)nc1C1CC1. The van der Waals surface area contributed by atoms with Crippen molar-refractivity contribution >= 4 is 17.1 Å². The number of aromatic nitrogens is 4. The number of benzene rings is 1. The van der Waals surface area contributed by atoms with E-state index in [9.17, 15) is 9.90 Å². The van der Waals surface area contributed by atoms with E-state index in [1.165, 1.54) is 29.0 Å². The molecule has 3 fully saturated rings. The molecule has 0 spiro atoms. The molecule has 202 valence electrons. The average Bonchev–Trinajstić information content (AvgIpc) is 3.61. The lowest BCUT2D eigenvalue weighted by Crippen LogP contribution is -2.47. The van der Waals surface area contributed by atoms with Crippen LogP contribution in [-0.2, 0) is 12.0 Å². The number of rotatable bonds is 6. The van der Waals surface area contributed by atoms with E-state index in [1.54, 1.807) is 0 Å². The number of hydrogen-bond acceptors (Lipinski definition) is 6. The Balaban J connectivity index is 1.34. The number of nitrogens with two attached hydrogens (primary N) is 1. The molecular formula is C29H39N7O2. The summed E-state index contributed by atoms with van der Waals surface area (Å²) in [5, 5.41) is 14.4. The summed E-state index contributed by atoms with van der Waals surface area (Å²) in [7, 11) is 0. The summed E-state index contributed by atoms with van der Waals surface area (Å²) >= 11 is 0. The maximum absolute atomic E-state index is 11.3. The highest BCUT2D eigenvalue weighted by Crippen LogP contribution is 2.46. The summed E-state index contributed by atoms with van der Waals surface area (Å²) in [5.74, 6) is 1.12. The Morgan fingerprint density at radius 2 is 1.82 bits per heavy atom. The van der Waals surface area contributed by atoms with Gasteiger partial charge in [0.1, 0.15) is 0 Å². The zero-order chi connectivity index (χ0) is 26.6. The molecule has 2 aromatic heterocycles. The standard InChI is InChI=1S/C29H39N7O2/c1-29(2,3)27-26(22-17-36(21-12-19(13-21)15-30)33-25(22)20-5-6-20)31-24-14-18(4-7-23(24)32-27)16-34-8-10-35(11-9-34)28(37)38/h4,7,14,17,19-21H,5-6,8-13,15-16,30H2,1-3H3,(H,37,38). The van der Waals surface area contributed by atoms with Gasteiger partial charge in [-0.15, -0.1) is 0 Å². The monoisotopic (exact) mass is 517 g/mol. The van der Waals surface area contributed by atoms with Gasteiger partial charge in [0.15, 0.2) is 0 Å². The maximum Gasteiger partial charge on any atom is 0.407 e. The highest BCUT2D eigenvalue weighted by Gasteiger charge is 2.36. The molecule has 3 aromatic rings. The van der Waals surface area contributed by atoms with E-state index in [0.29, 0.717) is 31.0 Å². The number of carbonyl (C=O) groups is 1. The molecule has 9 nitrogen and oxygen atoms in total. The number of hydrogen-bond donors (Lipinski definition) is 2. The Bertz CT molecular complexity index is 1340. The highest BCUT2D eigenvalue weighted by atomic mass is 16.4. The fourth-order valence-corrected chi connectivity index (χ4v) is 5.81. The first-order valence-corrected chi connectivity index (χ1v) is 14.0. The molecule has 3 heterocycles. The number of piperazine rings is 1. The number of nitrogens with zero attached hydrogens (tertiary/aromatic N) is 6. The van der Waals surface area contributed by atoms with Crippen molar-refractivity contribution in [1.29, 1.82) is 0 Å². The van der Waals surface area contributed by atoms with Gasteiger partial charge in [0.05, 0.1) is 34.2 Å². The quantitative estimate of drug-likeness (QED) is 0.499. The fraction of sp³-hybridized carbons (Fsp3) is 0.586. The van der Waals surface area contributed by atoms with Gasteiger partial charge in [-0.3, -0.25) is 9.58 Å². The van der Waals surface area contributed by atoms with Gasteiger partial charge in [-0.25, -0.2) is 14.8 Å². The van der Waals surface area contributed by atoms with Crippen LogP contribution in [0.4, 0.5) is 4.79 Å². The van der Waals surface area contributed by atoms with Crippen LogP contribution in [0.3, 0.4) is 0 Å². The number of amides is 1. The molecule has 3 N–H and O–H groups in total. The van der Waals surface area contributed by atoms with E-state index < -0.39 is 6.09 Å². The first kappa shape index (κ1) is 25.2. The molecule has 1 aromatic carbocycles.